The normalized spacial score (nSPS) is 14.3. The molecule has 0 saturated carbocycles. The summed E-state index contributed by atoms with van der Waals surface area (Å²) in [6.07, 6.45) is 0.630. The van der Waals surface area contributed by atoms with Gasteiger partial charge in [0.25, 0.3) is 0 Å². The number of rotatable bonds is 4. The second-order valence-electron chi connectivity index (χ2n) is 3.68. The molecule has 0 aliphatic rings. The van der Waals surface area contributed by atoms with E-state index in [0.29, 0.717) is 6.42 Å². The average Bonchev–Trinajstić information content (AvgIpc) is 2.26. The van der Waals surface area contributed by atoms with Crippen molar-refractivity contribution in [3.8, 4) is 0 Å². The van der Waals surface area contributed by atoms with Gasteiger partial charge in [-0.2, -0.15) is 0 Å². The minimum atomic E-state index is -0.266. The third kappa shape index (κ3) is 3.36. The third-order valence-electron chi connectivity index (χ3n) is 2.44. The van der Waals surface area contributed by atoms with Gasteiger partial charge in [-0.1, -0.05) is 30.3 Å². The van der Waals surface area contributed by atoms with E-state index in [0.717, 1.165) is 5.56 Å². The van der Waals surface area contributed by atoms with Gasteiger partial charge < -0.3 is 10.5 Å². The highest BCUT2D eigenvalue weighted by Gasteiger charge is 2.23. The maximum atomic E-state index is 11.5. The zero-order valence-electron chi connectivity index (χ0n) is 9.14. The highest BCUT2D eigenvalue weighted by atomic mass is 16.5. The Bertz CT molecular complexity index is 309. The first-order valence-corrected chi connectivity index (χ1v) is 5.02. The third-order valence-corrected chi connectivity index (χ3v) is 2.44. The largest absolute Gasteiger partial charge is 0.469 e. The van der Waals surface area contributed by atoms with Crippen LogP contribution in [0.15, 0.2) is 30.3 Å². The van der Waals surface area contributed by atoms with Crippen molar-refractivity contribution in [1.82, 2.24) is 0 Å². The molecule has 3 nitrogen and oxygen atoms in total. The second-order valence-corrected chi connectivity index (χ2v) is 3.68. The molecule has 0 spiro atoms. The van der Waals surface area contributed by atoms with Crippen LogP contribution < -0.4 is 5.73 Å². The molecule has 1 rings (SSSR count). The summed E-state index contributed by atoms with van der Waals surface area (Å²) in [5, 5.41) is 0. The van der Waals surface area contributed by atoms with Crippen LogP contribution in [0.4, 0.5) is 0 Å². The topological polar surface area (TPSA) is 52.3 Å². The molecule has 0 aliphatic heterocycles. The number of methoxy groups -OCH3 is 1. The quantitative estimate of drug-likeness (QED) is 0.758. The lowest BCUT2D eigenvalue weighted by Gasteiger charge is -2.18. The number of nitrogens with two attached hydrogens (primary N) is 1. The molecule has 0 unspecified atom stereocenters. The van der Waals surface area contributed by atoms with Gasteiger partial charge in [0.15, 0.2) is 0 Å². The fraction of sp³-hybridized carbons (Fsp3) is 0.417. The zero-order valence-corrected chi connectivity index (χ0v) is 9.14. The van der Waals surface area contributed by atoms with Crippen LogP contribution in [0.25, 0.3) is 0 Å². The van der Waals surface area contributed by atoms with Crippen molar-refractivity contribution in [1.29, 1.82) is 0 Å². The van der Waals surface area contributed by atoms with Gasteiger partial charge in [0, 0.05) is 6.04 Å². The van der Waals surface area contributed by atoms with Gasteiger partial charge in [0.1, 0.15) is 0 Å². The van der Waals surface area contributed by atoms with Gasteiger partial charge >= 0.3 is 5.97 Å². The van der Waals surface area contributed by atoms with E-state index >= 15 is 0 Å². The highest BCUT2D eigenvalue weighted by Crippen LogP contribution is 2.12. The molecule has 2 atom stereocenters. The molecule has 0 amide bonds. The van der Waals surface area contributed by atoms with Crippen molar-refractivity contribution in [2.45, 2.75) is 19.4 Å². The number of carbonyl (C=O) groups excluding carboxylic acids is 1. The summed E-state index contributed by atoms with van der Waals surface area (Å²) in [7, 11) is 1.39. The first-order valence-electron chi connectivity index (χ1n) is 5.02. The molecule has 82 valence electrons. The Kier molecular flexibility index (Phi) is 4.31. The zero-order chi connectivity index (χ0) is 11.3. The predicted molar refractivity (Wildman–Crippen MR) is 59.3 cm³/mol. The van der Waals surface area contributed by atoms with Crippen molar-refractivity contribution in [3.05, 3.63) is 35.9 Å². The van der Waals surface area contributed by atoms with Crippen molar-refractivity contribution in [2.75, 3.05) is 7.11 Å². The Morgan fingerprint density at radius 1 is 1.40 bits per heavy atom. The lowest BCUT2D eigenvalue weighted by molar-refractivity contribution is -0.146. The van der Waals surface area contributed by atoms with Gasteiger partial charge in [-0.3, -0.25) is 4.79 Å². The van der Waals surface area contributed by atoms with Gasteiger partial charge in [0.05, 0.1) is 13.0 Å². The van der Waals surface area contributed by atoms with E-state index in [1.54, 1.807) is 0 Å². The maximum Gasteiger partial charge on any atom is 0.310 e. The van der Waals surface area contributed by atoms with E-state index in [-0.39, 0.29) is 17.9 Å². The van der Waals surface area contributed by atoms with E-state index in [1.165, 1.54) is 7.11 Å². The Hall–Kier alpha value is -1.35. The van der Waals surface area contributed by atoms with E-state index in [9.17, 15) is 4.79 Å². The van der Waals surface area contributed by atoms with Gasteiger partial charge in [-0.05, 0) is 18.9 Å². The van der Waals surface area contributed by atoms with Crippen LogP contribution in [0.3, 0.4) is 0 Å². The van der Waals surface area contributed by atoms with Gasteiger partial charge in [-0.15, -0.1) is 0 Å². The summed E-state index contributed by atoms with van der Waals surface area (Å²) in [5.74, 6) is -0.508. The van der Waals surface area contributed by atoms with E-state index in [1.807, 2.05) is 37.3 Å². The SMILES string of the molecule is COC(=O)[C@H](Cc1ccccc1)[C@@H](C)N. The molecular weight excluding hydrogens is 190 g/mol. The minimum Gasteiger partial charge on any atom is -0.469 e. The average molecular weight is 207 g/mol. The number of ether oxygens (including phenoxy) is 1. The number of esters is 1. The molecule has 3 heteroatoms. The summed E-state index contributed by atoms with van der Waals surface area (Å²) >= 11 is 0. The Balaban J connectivity index is 2.72. The summed E-state index contributed by atoms with van der Waals surface area (Å²) in [6, 6.07) is 9.62. The molecule has 1 aromatic rings. The maximum absolute atomic E-state index is 11.5. The van der Waals surface area contributed by atoms with Crippen LogP contribution in [0.1, 0.15) is 12.5 Å². The molecule has 0 radical (unpaired) electrons. The standard InChI is InChI=1S/C12H17NO2/c1-9(13)11(12(14)15-2)8-10-6-4-3-5-7-10/h3-7,9,11H,8,13H2,1-2H3/t9-,11-/m1/s1. The predicted octanol–water partition coefficient (Wildman–Crippen LogP) is 1.37. The summed E-state index contributed by atoms with van der Waals surface area (Å²) in [6.45, 7) is 1.82. The van der Waals surface area contributed by atoms with E-state index in [2.05, 4.69) is 0 Å². The Morgan fingerprint density at radius 2 is 2.00 bits per heavy atom. The fourth-order valence-corrected chi connectivity index (χ4v) is 1.50. The van der Waals surface area contributed by atoms with Crippen molar-refractivity contribution < 1.29 is 9.53 Å². The summed E-state index contributed by atoms with van der Waals surface area (Å²) < 4.78 is 4.73. The number of hydrogen-bond donors (Lipinski definition) is 1. The van der Waals surface area contributed by atoms with Crippen LogP contribution in [0.2, 0.25) is 0 Å². The molecule has 0 heterocycles. The first-order chi connectivity index (χ1) is 7.15. The molecule has 2 N–H and O–H groups in total. The van der Waals surface area contributed by atoms with E-state index in [4.69, 9.17) is 10.5 Å². The number of benzene rings is 1. The lowest BCUT2D eigenvalue weighted by Crippen LogP contribution is -2.35. The molecular formula is C12H17NO2. The molecule has 1 aromatic carbocycles. The fourth-order valence-electron chi connectivity index (χ4n) is 1.50. The van der Waals surface area contributed by atoms with Crippen LogP contribution in [0.5, 0.6) is 0 Å². The van der Waals surface area contributed by atoms with Crippen LogP contribution in [-0.2, 0) is 16.0 Å². The minimum absolute atomic E-state index is 0.197. The molecule has 15 heavy (non-hydrogen) atoms. The molecule has 0 bridgehead atoms. The smallest absolute Gasteiger partial charge is 0.310 e. The van der Waals surface area contributed by atoms with Gasteiger partial charge in [0.2, 0.25) is 0 Å². The molecule has 0 aromatic heterocycles. The van der Waals surface area contributed by atoms with Crippen molar-refractivity contribution in [2.24, 2.45) is 11.7 Å². The van der Waals surface area contributed by atoms with Crippen LogP contribution in [0, 0.1) is 5.92 Å². The first kappa shape index (κ1) is 11.7. The summed E-state index contributed by atoms with van der Waals surface area (Å²) in [5.41, 5.74) is 6.86. The van der Waals surface area contributed by atoms with Crippen LogP contribution >= 0.6 is 0 Å². The Morgan fingerprint density at radius 3 is 2.47 bits per heavy atom. The highest BCUT2D eigenvalue weighted by molar-refractivity contribution is 5.73. The second kappa shape index (κ2) is 5.51. The number of carbonyl (C=O) groups is 1. The summed E-state index contributed by atoms with van der Waals surface area (Å²) in [4.78, 5) is 11.5. The van der Waals surface area contributed by atoms with Crippen molar-refractivity contribution in [3.63, 3.8) is 0 Å². The molecule has 0 fully saturated rings. The van der Waals surface area contributed by atoms with Gasteiger partial charge in [-0.25, -0.2) is 0 Å². The number of hydrogen-bond acceptors (Lipinski definition) is 3. The monoisotopic (exact) mass is 207 g/mol. The molecule has 0 saturated heterocycles. The van der Waals surface area contributed by atoms with E-state index < -0.39 is 0 Å². The lowest BCUT2D eigenvalue weighted by atomic mass is 9.94. The van der Waals surface area contributed by atoms with Crippen molar-refractivity contribution >= 4 is 5.97 Å². The molecule has 0 aliphatic carbocycles. The van der Waals surface area contributed by atoms with Crippen LogP contribution in [-0.4, -0.2) is 19.1 Å². The Labute approximate surface area is 90.2 Å².